The molecule has 0 N–H and O–H groups in total. The fourth-order valence-corrected chi connectivity index (χ4v) is 4.24. The van der Waals surface area contributed by atoms with E-state index in [1.165, 1.54) is 30.4 Å². The fourth-order valence-electron chi connectivity index (χ4n) is 4.24. The second-order valence-electron chi connectivity index (χ2n) is 7.61. The summed E-state index contributed by atoms with van der Waals surface area (Å²) in [4.78, 5) is 15.2. The molecule has 120 valence electrons. The quantitative estimate of drug-likeness (QED) is 0.831. The minimum Gasteiger partial charge on any atom is -0.300 e. The van der Waals surface area contributed by atoms with E-state index in [9.17, 15) is 4.79 Å². The highest BCUT2D eigenvalue weighted by Gasteiger charge is 2.38. The molecule has 0 saturated carbocycles. The van der Waals surface area contributed by atoms with Crippen LogP contribution in [0.1, 0.15) is 63.0 Å². The first-order valence-corrected chi connectivity index (χ1v) is 8.88. The van der Waals surface area contributed by atoms with Crippen LogP contribution in [0, 0.1) is 5.92 Å². The van der Waals surface area contributed by atoms with E-state index in [1.54, 1.807) is 0 Å². The Hall–Kier alpha value is -1.15. The number of carbonyl (C=O) groups excluding carboxylic acids is 1. The molecule has 2 aliphatic rings. The number of fused-ring (bicyclic) bond motifs is 2. The maximum atomic E-state index is 12.7. The van der Waals surface area contributed by atoms with Gasteiger partial charge in [0.25, 0.3) is 0 Å². The molecular formula is C20H29NO. The van der Waals surface area contributed by atoms with Gasteiger partial charge in [0.2, 0.25) is 0 Å². The maximum absolute atomic E-state index is 12.7. The number of hydrogen-bond acceptors (Lipinski definition) is 2. The Balaban J connectivity index is 1.62. The van der Waals surface area contributed by atoms with E-state index in [0.29, 0.717) is 30.2 Å². The van der Waals surface area contributed by atoms with Crippen LogP contribution in [0.25, 0.3) is 0 Å². The zero-order chi connectivity index (χ0) is 15.7. The van der Waals surface area contributed by atoms with Crippen LogP contribution in [-0.2, 0) is 11.2 Å². The summed E-state index contributed by atoms with van der Waals surface area (Å²) in [5, 5.41) is 0. The second-order valence-corrected chi connectivity index (χ2v) is 7.61. The first-order chi connectivity index (χ1) is 10.5. The highest BCUT2D eigenvalue weighted by molar-refractivity contribution is 5.83. The first kappa shape index (κ1) is 15.7. The summed E-state index contributed by atoms with van der Waals surface area (Å²) in [6.07, 6.45) is 6.68. The van der Waals surface area contributed by atoms with Gasteiger partial charge in [0.05, 0.1) is 0 Å². The smallest absolute Gasteiger partial charge is 0.140 e. The monoisotopic (exact) mass is 299 g/mol. The number of ketones is 1. The van der Waals surface area contributed by atoms with Crippen molar-refractivity contribution in [2.24, 2.45) is 5.92 Å². The minimum absolute atomic E-state index is 0.288. The van der Waals surface area contributed by atoms with Crippen molar-refractivity contribution in [3.8, 4) is 0 Å². The van der Waals surface area contributed by atoms with Crippen molar-refractivity contribution in [3.63, 3.8) is 0 Å². The summed E-state index contributed by atoms with van der Waals surface area (Å²) in [5.41, 5.74) is 2.53. The molecule has 2 bridgehead atoms. The van der Waals surface area contributed by atoms with Gasteiger partial charge in [0.15, 0.2) is 0 Å². The molecule has 2 unspecified atom stereocenters. The molecule has 2 heteroatoms. The standard InChI is InChI=1S/C20H29NO/c1-14(2)16-9-7-15(8-10-16)11-20(22)17-12-18-5-4-6-19(13-17)21(18)3/h7-10,14,17-19H,4-6,11-13H2,1-3H3. The van der Waals surface area contributed by atoms with Crippen molar-refractivity contribution in [2.45, 2.75) is 70.4 Å². The summed E-state index contributed by atoms with van der Waals surface area (Å²) < 4.78 is 0. The van der Waals surface area contributed by atoms with Gasteiger partial charge < -0.3 is 4.90 Å². The predicted molar refractivity (Wildman–Crippen MR) is 91.2 cm³/mol. The Kier molecular flexibility index (Phi) is 4.67. The van der Waals surface area contributed by atoms with Crippen LogP contribution >= 0.6 is 0 Å². The van der Waals surface area contributed by atoms with Gasteiger partial charge in [-0.3, -0.25) is 4.79 Å². The number of benzene rings is 1. The number of nitrogens with zero attached hydrogens (tertiary/aromatic N) is 1. The average Bonchev–Trinajstić information content (AvgIpc) is 2.47. The van der Waals surface area contributed by atoms with Gasteiger partial charge in [-0.25, -0.2) is 0 Å². The average molecular weight is 299 g/mol. The molecule has 0 spiro atoms. The lowest BCUT2D eigenvalue weighted by Gasteiger charge is -2.46. The molecule has 0 radical (unpaired) electrons. The van der Waals surface area contributed by atoms with Crippen molar-refractivity contribution in [1.82, 2.24) is 4.90 Å². The number of hydrogen-bond donors (Lipinski definition) is 0. The molecular weight excluding hydrogens is 270 g/mol. The molecule has 2 atom stereocenters. The van der Waals surface area contributed by atoms with E-state index in [-0.39, 0.29) is 5.92 Å². The molecule has 22 heavy (non-hydrogen) atoms. The Morgan fingerprint density at radius 1 is 1.14 bits per heavy atom. The van der Waals surface area contributed by atoms with E-state index in [0.717, 1.165) is 12.8 Å². The normalized spacial score (nSPS) is 28.8. The second kappa shape index (κ2) is 6.54. The van der Waals surface area contributed by atoms with Crippen molar-refractivity contribution >= 4 is 5.78 Å². The van der Waals surface area contributed by atoms with Crippen molar-refractivity contribution < 1.29 is 4.79 Å². The molecule has 1 aromatic rings. The number of Topliss-reactive ketones (excluding diaryl/α,β-unsaturated/α-hetero) is 1. The highest BCUT2D eigenvalue weighted by atomic mass is 16.1. The van der Waals surface area contributed by atoms with E-state index in [1.807, 2.05) is 0 Å². The van der Waals surface area contributed by atoms with Gasteiger partial charge in [-0.15, -0.1) is 0 Å². The van der Waals surface area contributed by atoms with Crippen LogP contribution in [0.2, 0.25) is 0 Å². The molecule has 2 aliphatic heterocycles. The number of rotatable bonds is 4. The van der Waals surface area contributed by atoms with Gasteiger partial charge >= 0.3 is 0 Å². The fraction of sp³-hybridized carbons (Fsp3) is 0.650. The van der Waals surface area contributed by atoms with Crippen LogP contribution in [0.4, 0.5) is 0 Å². The Labute approximate surface area is 134 Å². The lowest BCUT2D eigenvalue weighted by atomic mass is 9.76. The third-order valence-electron chi connectivity index (χ3n) is 5.82. The molecule has 3 rings (SSSR count). The molecule has 2 fully saturated rings. The Morgan fingerprint density at radius 2 is 1.73 bits per heavy atom. The molecule has 1 aromatic carbocycles. The van der Waals surface area contributed by atoms with Crippen LogP contribution in [0.5, 0.6) is 0 Å². The van der Waals surface area contributed by atoms with Crippen LogP contribution in [-0.4, -0.2) is 29.8 Å². The summed E-state index contributed by atoms with van der Waals surface area (Å²) in [7, 11) is 2.25. The van der Waals surface area contributed by atoms with E-state index in [4.69, 9.17) is 0 Å². The van der Waals surface area contributed by atoms with Crippen molar-refractivity contribution in [1.29, 1.82) is 0 Å². The van der Waals surface area contributed by atoms with Gasteiger partial charge in [0.1, 0.15) is 5.78 Å². The lowest BCUT2D eigenvalue weighted by Crippen LogP contribution is -2.51. The summed E-state index contributed by atoms with van der Waals surface area (Å²) in [6, 6.07) is 9.92. The third-order valence-corrected chi connectivity index (χ3v) is 5.82. The molecule has 0 aromatic heterocycles. The van der Waals surface area contributed by atoms with Gasteiger partial charge in [-0.1, -0.05) is 44.5 Å². The molecule has 0 aliphatic carbocycles. The topological polar surface area (TPSA) is 20.3 Å². The first-order valence-electron chi connectivity index (χ1n) is 8.88. The van der Waals surface area contributed by atoms with Crippen LogP contribution in [0.3, 0.4) is 0 Å². The summed E-state index contributed by atoms with van der Waals surface area (Å²) in [6.45, 7) is 4.41. The zero-order valence-corrected chi connectivity index (χ0v) is 14.2. The lowest BCUT2D eigenvalue weighted by molar-refractivity contribution is -0.125. The molecule has 2 saturated heterocycles. The Morgan fingerprint density at radius 3 is 2.27 bits per heavy atom. The largest absolute Gasteiger partial charge is 0.300 e. The number of carbonyl (C=O) groups is 1. The van der Waals surface area contributed by atoms with Crippen LogP contribution in [0.15, 0.2) is 24.3 Å². The third kappa shape index (κ3) is 3.27. The maximum Gasteiger partial charge on any atom is 0.140 e. The zero-order valence-electron chi connectivity index (χ0n) is 14.2. The molecule has 0 amide bonds. The molecule has 2 heterocycles. The SMILES string of the molecule is CC(C)c1ccc(CC(=O)C2CC3CCCC(C2)N3C)cc1. The van der Waals surface area contributed by atoms with Crippen molar-refractivity contribution in [2.75, 3.05) is 7.05 Å². The van der Waals surface area contributed by atoms with E-state index < -0.39 is 0 Å². The van der Waals surface area contributed by atoms with E-state index in [2.05, 4.69) is 50.1 Å². The van der Waals surface area contributed by atoms with Gasteiger partial charge in [0, 0.05) is 24.4 Å². The minimum atomic E-state index is 0.288. The van der Waals surface area contributed by atoms with Crippen LogP contribution < -0.4 is 0 Å². The summed E-state index contributed by atoms with van der Waals surface area (Å²) >= 11 is 0. The predicted octanol–water partition coefficient (Wildman–Crippen LogP) is 4.18. The Bertz CT molecular complexity index is 505. The number of piperidine rings is 2. The summed E-state index contributed by atoms with van der Waals surface area (Å²) in [5.74, 6) is 1.30. The van der Waals surface area contributed by atoms with E-state index >= 15 is 0 Å². The van der Waals surface area contributed by atoms with Gasteiger partial charge in [-0.2, -0.15) is 0 Å². The highest BCUT2D eigenvalue weighted by Crippen LogP contribution is 2.36. The molecule has 2 nitrogen and oxygen atoms in total. The van der Waals surface area contributed by atoms with Crippen molar-refractivity contribution in [3.05, 3.63) is 35.4 Å². The van der Waals surface area contributed by atoms with Gasteiger partial charge in [-0.05, 0) is 49.8 Å².